The van der Waals surface area contributed by atoms with Crippen molar-refractivity contribution in [2.24, 2.45) is 0 Å². The molecule has 3 heteroatoms. The fourth-order valence-electron chi connectivity index (χ4n) is 0.922. The first-order chi connectivity index (χ1) is 4.43. The van der Waals surface area contributed by atoms with Gasteiger partial charge in [-0.2, -0.15) is 0 Å². The third-order valence-corrected chi connectivity index (χ3v) is 1.80. The van der Waals surface area contributed by atoms with Crippen molar-refractivity contribution in [3.8, 4) is 0 Å². The van der Waals surface area contributed by atoms with Gasteiger partial charge in [0.25, 0.3) is 0 Å². The van der Waals surface area contributed by atoms with Crippen LogP contribution in [0.25, 0.3) is 0 Å². The fraction of sp³-hybridized carbons (Fsp3) is 0.667. The zero-order chi connectivity index (χ0) is 6.53. The van der Waals surface area contributed by atoms with Gasteiger partial charge >= 0.3 is 8.69 Å². The number of hydrogen-bond acceptors (Lipinski definition) is 2. The third kappa shape index (κ3) is 2.25. The summed E-state index contributed by atoms with van der Waals surface area (Å²) in [5.74, 6) is 0. The van der Waals surface area contributed by atoms with E-state index >= 15 is 0 Å². The molecule has 0 aromatic heterocycles. The summed E-state index contributed by atoms with van der Waals surface area (Å²) in [6.45, 7) is 0. The van der Waals surface area contributed by atoms with Crippen LogP contribution in [0.2, 0.25) is 0 Å². The Kier molecular flexibility index (Phi) is 2.88. The maximum Gasteiger partial charge on any atom is 0.327 e. The largest absolute Gasteiger partial charge is 0.327 e. The molecule has 0 radical (unpaired) electrons. The van der Waals surface area contributed by atoms with Crippen LogP contribution in [0.5, 0.6) is 0 Å². The Bertz CT molecular complexity index is 122. The van der Waals surface area contributed by atoms with Crippen LogP contribution in [0.3, 0.4) is 0 Å². The smallest absolute Gasteiger partial charge is 0.291 e. The van der Waals surface area contributed by atoms with Crippen molar-refractivity contribution in [1.29, 1.82) is 0 Å². The minimum absolute atomic E-state index is 0.185. The first-order valence-electron chi connectivity index (χ1n) is 3.07. The van der Waals surface area contributed by atoms with Crippen molar-refractivity contribution in [2.45, 2.75) is 25.4 Å². The van der Waals surface area contributed by atoms with Crippen LogP contribution in [-0.2, 0) is 9.09 Å². The molecule has 0 aromatic carbocycles. The predicted octanol–water partition coefficient (Wildman–Crippen LogP) is 2.32. The molecule has 0 amide bonds. The molecule has 0 saturated carbocycles. The lowest BCUT2D eigenvalue weighted by Crippen LogP contribution is -2.08. The summed E-state index contributed by atoms with van der Waals surface area (Å²) in [4.78, 5) is 0. The second-order valence-electron chi connectivity index (χ2n) is 2.09. The zero-order valence-electron chi connectivity index (χ0n) is 5.12. The van der Waals surface area contributed by atoms with E-state index in [1.165, 1.54) is 0 Å². The lowest BCUT2D eigenvalue weighted by Gasteiger charge is -2.12. The first-order valence-corrected chi connectivity index (χ1v) is 3.80. The molecule has 0 heterocycles. The van der Waals surface area contributed by atoms with E-state index in [4.69, 9.17) is 4.52 Å². The van der Waals surface area contributed by atoms with Gasteiger partial charge in [0.15, 0.2) is 0 Å². The van der Waals surface area contributed by atoms with Crippen LogP contribution in [0.15, 0.2) is 12.2 Å². The van der Waals surface area contributed by atoms with Crippen molar-refractivity contribution in [3.63, 3.8) is 0 Å². The Morgan fingerprint density at radius 2 is 2.44 bits per heavy atom. The van der Waals surface area contributed by atoms with Crippen LogP contribution < -0.4 is 0 Å². The minimum Gasteiger partial charge on any atom is -0.291 e. The summed E-state index contributed by atoms with van der Waals surface area (Å²) in [6.07, 6.45) is 7.36. The molecule has 0 aliphatic heterocycles. The molecule has 2 nitrogen and oxygen atoms in total. The summed E-state index contributed by atoms with van der Waals surface area (Å²) in [6, 6.07) is 0. The van der Waals surface area contributed by atoms with Gasteiger partial charge in [-0.15, -0.1) is 0 Å². The Hall–Kier alpha value is -0.200. The maximum absolute atomic E-state index is 9.92. The Morgan fingerprint density at radius 1 is 1.56 bits per heavy atom. The molecule has 1 unspecified atom stereocenters. The average Bonchev–Trinajstić information content (AvgIpc) is 1.91. The van der Waals surface area contributed by atoms with E-state index in [0.29, 0.717) is 0 Å². The van der Waals surface area contributed by atoms with Gasteiger partial charge in [0.1, 0.15) is 0 Å². The standard InChI is InChI=1S/C6H9O2P/c7-9-8-6-4-2-1-3-5-6/h1-2,6H,3-5H2. The molecular formula is C6H9O2P. The van der Waals surface area contributed by atoms with E-state index in [9.17, 15) is 4.57 Å². The van der Waals surface area contributed by atoms with E-state index < -0.39 is 0 Å². The van der Waals surface area contributed by atoms with Crippen molar-refractivity contribution >= 4 is 8.69 Å². The van der Waals surface area contributed by atoms with Gasteiger partial charge in [-0.1, -0.05) is 12.2 Å². The Labute approximate surface area is 56.2 Å². The highest BCUT2D eigenvalue weighted by Crippen LogP contribution is 2.17. The lowest BCUT2D eigenvalue weighted by molar-refractivity contribution is 0.212. The molecule has 1 aliphatic rings. The van der Waals surface area contributed by atoms with Gasteiger partial charge in [-0.25, -0.2) is 4.57 Å². The molecule has 0 spiro atoms. The summed E-state index contributed by atoms with van der Waals surface area (Å²) in [5.41, 5.74) is 0. The van der Waals surface area contributed by atoms with Gasteiger partial charge in [0, 0.05) is 0 Å². The quantitative estimate of drug-likeness (QED) is 0.439. The summed E-state index contributed by atoms with van der Waals surface area (Å²) in [7, 11) is -0.185. The fourth-order valence-corrected chi connectivity index (χ4v) is 1.24. The lowest BCUT2D eigenvalue weighted by atomic mass is 10.1. The maximum atomic E-state index is 9.92. The Balaban J connectivity index is 2.26. The van der Waals surface area contributed by atoms with Gasteiger partial charge in [0.2, 0.25) is 0 Å². The molecule has 1 aliphatic carbocycles. The van der Waals surface area contributed by atoms with Gasteiger partial charge in [-0.3, -0.25) is 4.52 Å². The van der Waals surface area contributed by atoms with Crippen LogP contribution >= 0.6 is 8.69 Å². The van der Waals surface area contributed by atoms with Crippen molar-refractivity contribution < 1.29 is 9.09 Å². The molecule has 0 aromatic rings. The molecule has 50 valence electrons. The molecule has 0 bridgehead atoms. The van der Waals surface area contributed by atoms with E-state index in [1.54, 1.807) is 0 Å². The average molecular weight is 144 g/mol. The number of hydrogen-bond donors (Lipinski definition) is 0. The van der Waals surface area contributed by atoms with Gasteiger partial charge < -0.3 is 0 Å². The first kappa shape index (κ1) is 6.91. The molecular weight excluding hydrogens is 135 g/mol. The molecule has 9 heavy (non-hydrogen) atoms. The topological polar surface area (TPSA) is 26.3 Å². The normalized spacial score (nSPS) is 26.9. The number of allylic oxidation sites excluding steroid dienone is 1. The third-order valence-electron chi connectivity index (χ3n) is 1.41. The summed E-state index contributed by atoms with van der Waals surface area (Å²) >= 11 is 0. The molecule has 1 atom stereocenters. The number of rotatable bonds is 2. The second kappa shape index (κ2) is 3.76. The van der Waals surface area contributed by atoms with Crippen LogP contribution in [-0.4, -0.2) is 6.10 Å². The van der Waals surface area contributed by atoms with E-state index in [-0.39, 0.29) is 14.8 Å². The van der Waals surface area contributed by atoms with Crippen LogP contribution in [0, 0.1) is 0 Å². The van der Waals surface area contributed by atoms with Crippen molar-refractivity contribution in [3.05, 3.63) is 12.2 Å². The highest BCUT2D eigenvalue weighted by molar-refractivity contribution is 7.17. The SMILES string of the molecule is O=POC1CC=CCC1. The van der Waals surface area contributed by atoms with Gasteiger partial charge in [0.05, 0.1) is 6.10 Å². The Morgan fingerprint density at radius 3 is 3.00 bits per heavy atom. The molecule has 0 saturated heterocycles. The predicted molar refractivity (Wildman–Crippen MR) is 35.5 cm³/mol. The van der Waals surface area contributed by atoms with Crippen LogP contribution in [0.1, 0.15) is 19.3 Å². The minimum atomic E-state index is -0.185. The van der Waals surface area contributed by atoms with Crippen molar-refractivity contribution in [2.75, 3.05) is 0 Å². The van der Waals surface area contributed by atoms with Gasteiger partial charge in [-0.05, 0) is 19.3 Å². The summed E-state index contributed by atoms with van der Waals surface area (Å²) in [5, 5.41) is 0. The molecule has 0 fully saturated rings. The highest BCUT2D eigenvalue weighted by Gasteiger charge is 2.08. The molecule has 1 rings (SSSR count). The van der Waals surface area contributed by atoms with E-state index in [1.807, 2.05) is 0 Å². The highest BCUT2D eigenvalue weighted by atomic mass is 31.1. The van der Waals surface area contributed by atoms with Crippen molar-refractivity contribution in [1.82, 2.24) is 0 Å². The zero-order valence-corrected chi connectivity index (χ0v) is 6.01. The molecule has 0 N–H and O–H groups in total. The van der Waals surface area contributed by atoms with E-state index in [0.717, 1.165) is 19.3 Å². The summed E-state index contributed by atoms with van der Waals surface area (Å²) < 4.78 is 14.8. The monoisotopic (exact) mass is 144 g/mol. The second-order valence-corrected chi connectivity index (χ2v) is 2.45. The van der Waals surface area contributed by atoms with E-state index in [2.05, 4.69) is 12.2 Å². The van der Waals surface area contributed by atoms with Crippen LogP contribution in [0.4, 0.5) is 0 Å².